The molecule has 2 amide bonds. The summed E-state index contributed by atoms with van der Waals surface area (Å²) >= 11 is 0. The molecule has 0 bridgehead atoms. The van der Waals surface area contributed by atoms with Gasteiger partial charge in [0, 0.05) is 56.9 Å². The molecule has 2 aromatic rings. The smallest absolute Gasteiger partial charge is 0.238 e. The molecule has 26 heavy (non-hydrogen) atoms. The highest BCUT2D eigenvalue weighted by Gasteiger charge is 2.20. The van der Waals surface area contributed by atoms with Gasteiger partial charge in [0.15, 0.2) is 0 Å². The molecule has 3 rings (SSSR count). The number of hydrogen-bond donors (Lipinski definition) is 2. The molecular weight excluding hydrogens is 332 g/mol. The minimum Gasteiger partial charge on any atom is -0.338 e. The topological polar surface area (TPSA) is 90.5 Å². The van der Waals surface area contributed by atoms with E-state index in [0.717, 1.165) is 32.1 Å². The number of rotatable bonds is 5. The summed E-state index contributed by atoms with van der Waals surface area (Å²) in [7, 11) is 0. The van der Waals surface area contributed by atoms with Gasteiger partial charge in [0.05, 0.1) is 6.54 Å². The summed E-state index contributed by atoms with van der Waals surface area (Å²) in [6.07, 6.45) is 3.47. The van der Waals surface area contributed by atoms with Gasteiger partial charge in [0.25, 0.3) is 0 Å². The van der Waals surface area contributed by atoms with Crippen molar-refractivity contribution < 1.29 is 9.59 Å². The molecule has 8 heteroatoms. The molecule has 2 heterocycles. The second-order valence-corrected chi connectivity index (χ2v) is 6.12. The highest BCUT2D eigenvalue weighted by molar-refractivity contribution is 5.93. The summed E-state index contributed by atoms with van der Waals surface area (Å²) < 4.78 is 0. The van der Waals surface area contributed by atoms with Crippen LogP contribution in [0.1, 0.15) is 6.92 Å². The van der Waals surface area contributed by atoms with Crippen LogP contribution in [0, 0.1) is 0 Å². The lowest BCUT2D eigenvalue weighted by molar-refractivity contribution is -0.117. The lowest BCUT2D eigenvalue weighted by atomic mass is 10.2. The van der Waals surface area contributed by atoms with Crippen molar-refractivity contribution in [3.8, 4) is 0 Å². The number of nitrogens with one attached hydrogen (secondary N) is 2. The third-order valence-electron chi connectivity index (χ3n) is 4.06. The Morgan fingerprint density at radius 2 is 1.54 bits per heavy atom. The molecule has 136 valence electrons. The number of hydrogen-bond acceptors (Lipinski definition) is 6. The first-order chi connectivity index (χ1) is 12.6. The van der Waals surface area contributed by atoms with Gasteiger partial charge in [-0.05, 0) is 30.3 Å². The van der Waals surface area contributed by atoms with Crippen LogP contribution in [-0.2, 0) is 9.59 Å². The molecular formula is C18H22N6O2. The summed E-state index contributed by atoms with van der Waals surface area (Å²) in [6.45, 7) is 4.96. The van der Waals surface area contributed by atoms with Gasteiger partial charge < -0.3 is 15.5 Å². The minimum atomic E-state index is -0.123. The Balaban J connectivity index is 1.45. The zero-order valence-corrected chi connectivity index (χ0v) is 14.7. The fraction of sp³-hybridized carbons (Fsp3) is 0.333. The van der Waals surface area contributed by atoms with Crippen molar-refractivity contribution in [2.24, 2.45) is 0 Å². The Morgan fingerprint density at radius 1 is 0.962 bits per heavy atom. The molecule has 0 saturated carbocycles. The van der Waals surface area contributed by atoms with Gasteiger partial charge in [-0.3, -0.25) is 14.5 Å². The van der Waals surface area contributed by atoms with E-state index >= 15 is 0 Å². The second kappa shape index (κ2) is 8.39. The molecule has 2 N–H and O–H groups in total. The summed E-state index contributed by atoms with van der Waals surface area (Å²) in [5.41, 5.74) is 1.41. The molecule has 0 spiro atoms. The summed E-state index contributed by atoms with van der Waals surface area (Å²) in [4.78, 5) is 36.0. The van der Waals surface area contributed by atoms with Gasteiger partial charge in [-0.1, -0.05) is 0 Å². The third kappa shape index (κ3) is 5.00. The van der Waals surface area contributed by atoms with Crippen LogP contribution >= 0.6 is 0 Å². The van der Waals surface area contributed by atoms with E-state index in [4.69, 9.17) is 0 Å². The number of benzene rings is 1. The van der Waals surface area contributed by atoms with Crippen molar-refractivity contribution in [3.05, 3.63) is 42.7 Å². The van der Waals surface area contributed by atoms with Gasteiger partial charge in [0.1, 0.15) is 0 Å². The molecule has 1 fully saturated rings. The zero-order valence-electron chi connectivity index (χ0n) is 14.7. The number of amides is 2. The van der Waals surface area contributed by atoms with Gasteiger partial charge in [-0.15, -0.1) is 0 Å². The third-order valence-corrected chi connectivity index (χ3v) is 4.06. The molecule has 1 aliphatic rings. The lowest BCUT2D eigenvalue weighted by Crippen LogP contribution is -2.49. The first-order valence-electron chi connectivity index (χ1n) is 8.52. The van der Waals surface area contributed by atoms with Crippen LogP contribution in [0.5, 0.6) is 0 Å². The second-order valence-electron chi connectivity index (χ2n) is 6.12. The van der Waals surface area contributed by atoms with Crippen molar-refractivity contribution in [1.82, 2.24) is 14.9 Å². The summed E-state index contributed by atoms with van der Waals surface area (Å²) in [5.74, 6) is 0.555. The molecule has 8 nitrogen and oxygen atoms in total. The largest absolute Gasteiger partial charge is 0.338 e. The Bertz CT molecular complexity index is 742. The maximum absolute atomic E-state index is 12.2. The zero-order chi connectivity index (χ0) is 18.4. The lowest BCUT2D eigenvalue weighted by Gasteiger charge is -2.34. The van der Waals surface area contributed by atoms with Gasteiger partial charge in [0.2, 0.25) is 17.8 Å². The highest BCUT2D eigenvalue weighted by Crippen LogP contribution is 2.14. The van der Waals surface area contributed by atoms with E-state index in [2.05, 4.69) is 30.4 Å². The molecule has 0 aliphatic carbocycles. The Kier molecular flexibility index (Phi) is 5.75. The molecule has 1 saturated heterocycles. The molecule has 1 aromatic heterocycles. The van der Waals surface area contributed by atoms with Gasteiger partial charge in [-0.2, -0.15) is 0 Å². The van der Waals surface area contributed by atoms with Crippen LogP contribution < -0.4 is 15.5 Å². The normalized spacial score (nSPS) is 14.7. The van der Waals surface area contributed by atoms with E-state index in [0.29, 0.717) is 17.9 Å². The van der Waals surface area contributed by atoms with Crippen molar-refractivity contribution in [2.45, 2.75) is 6.92 Å². The first kappa shape index (κ1) is 17.8. The predicted octanol–water partition coefficient (Wildman–Crippen LogP) is 1.20. The van der Waals surface area contributed by atoms with Crippen LogP contribution in [0.3, 0.4) is 0 Å². The van der Waals surface area contributed by atoms with Crippen molar-refractivity contribution >= 4 is 29.1 Å². The van der Waals surface area contributed by atoms with Crippen LogP contribution in [0.2, 0.25) is 0 Å². The number of anilines is 3. The first-order valence-corrected chi connectivity index (χ1v) is 8.52. The van der Waals surface area contributed by atoms with Crippen molar-refractivity contribution in [2.75, 3.05) is 48.3 Å². The minimum absolute atomic E-state index is 0.0540. The van der Waals surface area contributed by atoms with Gasteiger partial charge >= 0.3 is 0 Å². The molecule has 1 aliphatic heterocycles. The standard InChI is InChI=1S/C18H22N6O2/c1-14(25)21-15-3-5-16(6-4-15)22-17(26)13-23-9-11-24(12-10-23)18-19-7-2-8-20-18/h2-8H,9-13H2,1H3,(H,21,25)(H,22,26). The number of carbonyl (C=O) groups is 2. The van der Waals surface area contributed by atoms with Crippen LogP contribution in [0.15, 0.2) is 42.7 Å². The molecule has 0 unspecified atom stereocenters. The fourth-order valence-electron chi connectivity index (χ4n) is 2.80. The number of nitrogens with zero attached hydrogens (tertiary/aromatic N) is 4. The Hall–Kier alpha value is -3.00. The van der Waals surface area contributed by atoms with E-state index in [1.54, 1.807) is 42.7 Å². The van der Waals surface area contributed by atoms with E-state index in [-0.39, 0.29) is 11.8 Å². The molecule has 0 atom stereocenters. The van der Waals surface area contributed by atoms with Crippen LogP contribution in [0.25, 0.3) is 0 Å². The Morgan fingerprint density at radius 3 is 2.12 bits per heavy atom. The summed E-state index contributed by atoms with van der Waals surface area (Å²) in [5, 5.41) is 5.57. The average molecular weight is 354 g/mol. The molecule has 1 aromatic carbocycles. The van der Waals surface area contributed by atoms with Crippen molar-refractivity contribution in [3.63, 3.8) is 0 Å². The maximum atomic E-state index is 12.2. The number of aromatic nitrogens is 2. The average Bonchev–Trinajstić information content (AvgIpc) is 2.64. The fourth-order valence-corrected chi connectivity index (χ4v) is 2.80. The highest BCUT2D eigenvalue weighted by atomic mass is 16.2. The monoisotopic (exact) mass is 354 g/mol. The number of piperazine rings is 1. The summed E-state index contributed by atoms with van der Waals surface area (Å²) in [6, 6.07) is 8.86. The van der Waals surface area contributed by atoms with Crippen LogP contribution in [-0.4, -0.2) is 59.4 Å². The number of carbonyl (C=O) groups excluding carboxylic acids is 2. The van der Waals surface area contributed by atoms with E-state index in [1.807, 2.05) is 0 Å². The Labute approximate surface area is 152 Å². The van der Waals surface area contributed by atoms with E-state index in [1.165, 1.54) is 6.92 Å². The van der Waals surface area contributed by atoms with Crippen molar-refractivity contribution in [1.29, 1.82) is 0 Å². The van der Waals surface area contributed by atoms with Crippen LogP contribution in [0.4, 0.5) is 17.3 Å². The quantitative estimate of drug-likeness (QED) is 0.838. The SMILES string of the molecule is CC(=O)Nc1ccc(NC(=O)CN2CCN(c3ncccn3)CC2)cc1. The van der Waals surface area contributed by atoms with E-state index in [9.17, 15) is 9.59 Å². The van der Waals surface area contributed by atoms with Gasteiger partial charge in [-0.25, -0.2) is 9.97 Å². The maximum Gasteiger partial charge on any atom is 0.238 e. The molecule has 0 radical (unpaired) electrons. The van der Waals surface area contributed by atoms with E-state index < -0.39 is 0 Å². The predicted molar refractivity (Wildman–Crippen MR) is 100 cm³/mol.